The van der Waals surface area contributed by atoms with Gasteiger partial charge in [0.2, 0.25) is 15.9 Å². The van der Waals surface area contributed by atoms with E-state index in [9.17, 15) is 18.0 Å². The highest BCUT2D eigenvalue weighted by Gasteiger charge is 2.15. The van der Waals surface area contributed by atoms with Crippen LogP contribution in [0.4, 0.5) is 5.69 Å². The number of rotatable bonds is 7. The molecule has 0 heterocycles. The van der Waals surface area contributed by atoms with Crippen LogP contribution in [0, 0.1) is 0 Å². The van der Waals surface area contributed by atoms with E-state index >= 15 is 0 Å². The highest BCUT2D eigenvalue weighted by Crippen LogP contribution is 2.23. The third-order valence-electron chi connectivity index (χ3n) is 4.61. The Bertz CT molecular complexity index is 966. The zero-order chi connectivity index (χ0) is 19.4. The average molecular weight is 386 g/mol. The van der Waals surface area contributed by atoms with Crippen LogP contribution in [0.3, 0.4) is 0 Å². The van der Waals surface area contributed by atoms with Gasteiger partial charge in [-0.1, -0.05) is 24.3 Å². The molecule has 3 rings (SSSR count). The van der Waals surface area contributed by atoms with Gasteiger partial charge in [-0.2, -0.15) is 0 Å². The van der Waals surface area contributed by atoms with Crippen LogP contribution in [0.5, 0.6) is 0 Å². The van der Waals surface area contributed by atoms with E-state index < -0.39 is 10.0 Å². The zero-order valence-corrected chi connectivity index (χ0v) is 15.7. The molecule has 2 aromatic carbocycles. The number of hydrogen-bond donors (Lipinski definition) is 2. The number of fused-ring (bicyclic) bond motifs is 1. The SMILES string of the molecule is NS(=O)(=O)Cc1ccc(NC(=O)CCC(=O)c2ccc3c(c2)CCC3)cc1. The number of carbonyl (C=O) groups is 2. The summed E-state index contributed by atoms with van der Waals surface area (Å²) in [6.45, 7) is 0. The molecule has 6 nitrogen and oxygen atoms in total. The zero-order valence-electron chi connectivity index (χ0n) is 14.9. The number of primary sulfonamides is 1. The molecule has 0 saturated heterocycles. The van der Waals surface area contributed by atoms with Crippen molar-refractivity contribution in [1.29, 1.82) is 0 Å². The van der Waals surface area contributed by atoms with E-state index in [0.717, 1.165) is 19.3 Å². The van der Waals surface area contributed by atoms with E-state index in [1.165, 1.54) is 11.1 Å². The minimum absolute atomic E-state index is 0.0386. The van der Waals surface area contributed by atoms with Gasteiger partial charge in [-0.3, -0.25) is 9.59 Å². The topological polar surface area (TPSA) is 106 Å². The Morgan fingerprint density at radius 2 is 1.67 bits per heavy atom. The van der Waals surface area contributed by atoms with Crippen LogP contribution >= 0.6 is 0 Å². The van der Waals surface area contributed by atoms with Gasteiger partial charge in [-0.15, -0.1) is 0 Å². The monoisotopic (exact) mass is 386 g/mol. The normalized spacial score (nSPS) is 13.2. The van der Waals surface area contributed by atoms with Crippen molar-refractivity contribution in [3.05, 3.63) is 64.7 Å². The number of ketones is 1. The molecule has 0 unspecified atom stereocenters. The molecule has 1 aliphatic rings. The first kappa shape index (κ1) is 19.3. The molecule has 0 fully saturated rings. The predicted octanol–water partition coefficient (Wildman–Crippen LogP) is 2.57. The molecule has 2 aromatic rings. The Balaban J connectivity index is 1.51. The highest BCUT2D eigenvalue weighted by molar-refractivity contribution is 7.88. The maximum atomic E-state index is 12.3. The summed E-state index contributed by atoms with van der Waals surface area (Å²) in [7, 11) is -3.59. The van der Waals surface area contributed by atoms with E-state index in [2.05, 4.69) is 5.32 Å². The van der Waals surface area contributed by atoms with Crippen molar-refractivity contribution >= 4 is 27.4 Å². The maximum Gasteiger partial charge on any atom is 0.224 e. The van der Waals surface area contributed by atoms with Crippen LogP contribution in [-0.2, 0) is 33.4 Å². The lowest BCUT2D eigenvalue weighted by Gasteiger charge is -2.07. The first-order valence-corrected chi connectivity index (χ1v) is 10.6. The van der Waals surface area contributed by atoms with Crippen molar-refractivity contribution in [3.63, 3.8) is 0 Å². The summed E-state index contributed by atoms with van der Waals surface area (Å²) in [5, 5.41) is 7.71. The van der Waals surface area contributed by atoms with Gasteiger partial charge < -0.3 is 5.32 Å². The minimum Gasteiger partial charge on any atom is -0.326 e. The Morgan fingerprint density at radius 3 is 2.37 bits per heavy atom. The molecular weight excluding hydrogens is 364 g/mol. The summed E-state index contributed by atoms with van der Waals surface area (Å²) in [5.41, 5.74) is 4.31. The second-order valence-electron chi connectivity index (χ2n) is 6.81. The van der Waals surface area contributed by atoms with Crippen LogP contribution in [0.25, 0.3) is 0 Å². The molecule has 0 aromatic heterocycles. The number of nitrogens with two attached hydrogens (primary N) is 1. The summed E-state index contributed by atoms with van der Waals surface area (Å²) in [4.78, 5) is 24.4. The van der Waals surface area contributed by atoms with Gasteiger partial charge in [-0.25, -0.2) is 13.6 Å². The van der Waals surface area contributed by atoms with E-state index in [1.807, 2.05) is 18.2 Å². The molecular formula is C20H22N2O4S. The molecule has 7 heteroatoms. The smallest absolute Gasteiger partial charge is 0.224 e. The number of nitrogens with one attached hydrogen (secondary N) is 1. The van der Waals surface area contributed by atoms with E-state index in [0.29, 0.717) is 16.8 Å². The van der Waals surface area contributed by atoms with Crippen LogP contribution in [0.15, 0.2) is 42.5 Å². The van der Waals surface area contributed by atoms with Crippen molar-refractivity contribution in [2.75, 3.05) is 5.32 Å². The number of carbonyl (C=O) groups excluding carboxylic acids is 2. The van der Waals surface area contributed by atoms with Gasteiger partial charge in [0.25, 0.3) is 0 Å². The fraction of sp³-hybridized carbons (Fsp3) is 0.300. The number of Topliss-reactive ketones (excluding diaryl/α,β-unsaturated/α-hetero) is 1. The molecule has 0 saturated carbocycles. The summed E-state index contributed by atoms with van der Waals surface area (Å²) in [5.74, 6) is -0.552. The molecule has 0 aliphatic heterocycles. The predicted molar refractivity (Wildman–Crippen MR) is 104 cm³/mol. The number of anilines is 1. The summed E-state index contributed by atoms with van der Waals surface area (Å²) in [6, 6.07) is 12.2. The van der Waals surface area contributed by atoms with Gasteiger partial charge in [0.15, 0.2) is 5.78 Å². The third kappa shape index (κ3) is 5.48. The van der Waals surface area contributed by atoms with Gasteiger partial charge in [-0.05, 0) is 54.2 Å². The van der Waals surface area contributed by atoms with Crippen molar-refractivity contribution in [2.45, 2.75) is 37.9 Å². The molecule has 1 aliphatic carbocycles. The van der Waals surface area contributed by atoms with Crippen molar-refractivity contribution < 1.29 is 18.0 Å². The van der Waals surface area contributed by atoms with E-state index in [4.69, 9.17) is 5.14 Å². The molecule has 3 N–H and O–H groups in total. The standard InChI is InChI=1S/C20H22N2O4S/c21-27(25,26)13-14-4-8-18(9-5-14)22-20(24)11-10-19(23)17-7-6-15-2-1-3-16(15)12-17/h4-9,12H,1-3,10-11,13H2,(H,22,24)(H2,21,25,26). The van der Waals surface area contributed by atoms with Crippen LogP contribution in [0.2, 0.25) is 0 Å². The van der Waals surface area contributed by atoms with Crippen LogP contribution < -0.4 is 10.5 Å². The summed E-state index contributed by atoms with van der Waals surface area (Å²) >= 11 is 0. The number of amides is 1. The Kier molecular flexibility index (Phi) is 5.72. The number of sulfonamides is 1. The lowest BCUT2D eigenvalue weighted by atomic mass is 10.0. The number of benzene rings is 2. The van der Waals surface area contributed by atoms with E-state index in [1.54, 1.807) is 24.3 Å². The minimum atomic E-state index is -3.59. The maximum absolute atomic E-state index is 12.3. The first-order valence-electron chi connectivity index (χ1n) is 8.84. The Morgan fingerprint density at radius 1 is 0.963 bits per heavy atom. The van der Waals surface area contributed by atoms with Crippen LogP contribution in [-0.4, -0.2) is 20.1 Å². The van der Waals surface area contributed by atoms with Crippen molar-refractivity contribution in [2.24, 2.45) is 5.14 Å². The fourth-order valence-corrected chi connectivity index (χ4v) is 3.91. The molecule has 142 valence electrons. The van der Waals surface area contributed by atoms with Gasteiger partial charge in [0.05, 0.1) is 5.75 Å². The first-order chi connectivity index (χ1) is 12.8. The Hall–Kier alpha value is -2.51. The molecule has 0 atom stereocenters. The lowest BCUT2D eigenvalue weighted by molar-refractivity contribution is -0.116. The molecule has 0 bridgehead atoms. The summed E-state index contributed by atoms with van der Waals surface area (Å²) < 4.78 is 22.1. The molecule has 0 radical (unpaired) electrons. The highest BCUT2D eigenvalue weighted by atomic mass is 32.2. The lowest BCUT2D eigenvalue weighted by Crippen LogP contribution is -2.15. The van der Waals surface area contributed by atoms with Crippen molar-refractivity contribution in [3.8, 4) is 0 Å². The Labute approximate surface area is 158 Å². The number of aryl methyl sites for hydroxylation is 2. The summed E-state index contributed by atoms with van der Waals surface area (Å²) in [6.07, 6.45) is 3.45. The second-order valence-corrected chi connectivity index (χ2v) is 8.43. The fourth-order valence-electron chi connectivity index (χ4n) is 3.26. The quantitative estimate of drug-likeness (QED) is 0.713. The second kappa shape index (κ2) is 8.02. The van der Waals surface area contributed by atoms with Crippen LogP contribution in [0.1, 0.15) is 46.3 Å². The van der Waals surface area contributed by atoms with Gasteiger partial charge >= 0.3 is 0 Å². The third-order valence-corrected chi connectivity index (χ3v) is 5.34. The largest absolute Gasteiger partial charge is 0.326 e. The van der Waals surface area contributed by atoms with Gasteiger partial charge in [0, 0.05) is 24.1 Å². The molecule has 1 amide bonds. The number of hydrogen-bond acceptors (Lipinski definition) is 4. The van der Waals surface area contributed by atoms with Crippen molar-refractivity contribution in [1.82, 2.24) is 0 Å². The van der Waals surface area contributed by atoms with E-state index in [-0.39, 0.29) is 30.3 Å². The molecule has 27 heavy (non-hydrogen) atoms. The molecule has 0 spiro atoms. The van der Waals surface area contributed by atoms with Gasteiger partial charge in [0.1, 0.15) is 0 Å². The average Bonchev–Trinajstić information content (AvgIpc) is 3.08.